The van der Waals surface area contributed by atoms with E-state index in [4.69, 9.17) is 5.26 Å². The second-order valence-corrected chi connectivity index (χ2v) is 2.63. The molecule has 0 rings (SSSR count). The molecule has 2 nitrogen and oxygen atoms in total. The summed E-state index contributed by atoms with van der Waals surface area (Å²) < 4.78 is 0. The van der Waals surface area contributed by atoms with Gasteiger partial charge in [-0.05, 0) is 14.1 Å². The van der Waals surface area contributed by atoms with Gasteiger partial charge in [0.15, 0.2) is 0 Å². The average molecular weight is 138 g/mol. The van der Waals surface area contributed by atoms with E-state index < -0.39 is 0 Å². The smallest absolute Gasteiger partial charge is 0.103 e. The van der Waals surface area contributed by atoms with E-state index in [9.17, 15) is 0 Å². The number of hydrogen-bond donors (Lipinski definition) is 0. The van der Waals surface area contributed by atoms with Gasteiger partial charge in [0.05, 0.1) is 6.07 Å². The number of rotatable bonds is 3. The van der Waals surface area contributed by atoms with Gasteiger partial charge in [0.2, 0.25) is 0 Å². The molecule has 10 heavy (non-hydrogen) atoms. The summed E-state index contributed by atoms with van der Waals surface area (Å²) in [5.74, 6) is 0.236. The molecule has 0 heterocycles. The van der Waals surface area contributed by atoms with Crippen LogP contribution < -0.4 is 0 Å². The van der Waals surface area contributed by atoms with Crippen molar-refractivity contribution in [3.63, 3.8) is 0 Å². The van der Waals surface area contributed by atoms with Crippen LogP contribution in [-0.4, -0.2) is 25.0 Å². The quantitative estimate of drug-likeness (QED) is 0.549. The van der Waals surface area contributed by atoms with Gasteiger partial charge in [-0.1, -0.05) is 13.0 Å². The first-order chi connectivity index (χ1) is 4.63. The number of hydrogen-bond acceptors (Lipinski definition) is 2. The van der Waals surface area contributed by atoms with Crippen LogP contribution in [0.4, 0.5) is 0 Å². The van der Waals surface area contributed by atoms with Crippen molar-refractivity contribution in [3.8, 4) is 6.07 Å². The third-order valence-corrected chi connectivity index (χ3v) is 1.56. The van der Waals surface area contributed by atoms with Gasteiger partial charge in [-0.2, -0.15) is 5.26 Å². The standard InChI is InChI=1S/C8H14N2/c1-5-7(2)8(6-9)10(3)4/h5,7-8H,1H2,2-4H3. The van der Waals surface area contributed by atoms with Crippen molar-refractivity contribution in [1.29, 1.82) is 5.26 Å². The third kappa shape index (κ3) is 2.20. The fourth-order valence-electron chi connectivity index (χ4n) is 0.832. The van der Waals surface area contributed by atoms with E-state index in [-0.39, 0.29) is 12.0 Å². The van der Waals surface area contributed by atoms with Crippen LogP contribution in [0.15, 0.2) is 12.7 Å². The molecule has 0 aromatic rings. The van der Waals surface area contributed by atoms with Gasteiger partial charge in [-0.15, -0.1) is 6.58 Å². The number of nitrogens with zero attached hydrogens (tertiary/aromatic N) is 2. The van der Waals surface area contributed by atoms with Crippen molar-refractivity contribution in [2.75, 3.05) is 14.1 Å². The zero-order chi connectivity index (χ0) is 8.15. The van der Waals surface area contributed by atoms with E-state index in [1.807, 2.05) is 25.9 Å². The van der Waals surface area contributed by atoms with Crippen LogP contribution in [-0.2, 0) is 0 Å². The molecule has 56 valence electrons. The van der Waals surface area contributed by atoms with Crippen molar-refractivity contribution in [2.24, 2.45) is 5.92 Å². The van der Waals surface area contributed by atoms with Crippen molar-refractivity contribution in [1.82, 2.24) is 4.90 Å². The molecule has 2 heteroatoms. The van der Waals surface area contributed by atoms with Gasteiger partial charge in [0, 0.05) is 5.92 Å². The van der Waals surface area contributed by atoms with Crippen molar-refractivity contribution in [2.45, 2.75) is 13.0 Å². The fourth-order valence-corrected chi connectivity index (χ4v) is 0.832. The molecular weight excluding hydrogens is 124 g/mol. The Kier molecular flexibility index (Phi) is 3.75. The lowest BCUT2D eigenvalue weighted by atomic mass is 10.0. The molecule has 0 amide bonds. The normalized spacial score (nSPS) is 15.9. The minimum atomic E-state index is -0.0440. The Hall–Kier alpha value is -0.810. The first-order valence-corrected chi connectivity index (χ1v) is 3.32. The van der Waals surface area contributed by atoms with Crippen LogP contribution in [0.1, 0.15) is 6.92 Å². The van der Waals surface area contributed by atoms with Gasteiger partial charge in [-0.25, -0.2) is 0 Å². The summed E-state index contributed by atoms with van der Waals surface area (Å²) in [6.45, 7) is 5.62. The molecule has 0 bridgehead atoms. The van der Waals surface area contributed by atoms with Crippen molar-refractivity contribution in [3.05, 3.63) is 12.7 Å². The second kappa shape index (κ2) is 4.08. The topological polar surface area (TPSA) is 27.0 Å². The zero-order valence-electron chi connectivity index (χ0n) is 6.83. The van der Waals surface area contributed by atoms with Crippen molar-refractivity contribution >= 4 is 0 Å². The molecular formula is C8H14N2. The van der Waals surface area contributed by atoms with E-state index in [1.165, 1.54) is 0 Å². The Bertz CT molecular complexity index is 144. The highest BCUT2D eigenvalue weighted by Crippen LogP contribution is 2.07. The fraction of sp³-hybridized carbons (Fsp3) is 0.625. The van der Waals surface area contributed by atoms with Crippen LogP contribution in [0.2, 0.25) is 0 Å². The lowest BCUT2D eigenvalue weighted by molar-refractivity contribution is 0.304. The van der Waals surface area contributed by atoms with Crippen LogP contribution in [0.25, 0.3) is 0 Å². The molecule has 0 aliphatic heterocycles. The summed E-state index contributed by atoms with van der Waals surface area (Å²) in [6, 6.07) is 2.16. The molecule has 0 aliphatic rings. The molecule has 0 saturated heterocycles. The molecule has 0 N–H and O–H groups in total. The lowest BCUT2D eigenvalue weighted by Crippen LogP contribution is -2.31. The molecule has 0 aromatic heterocycles. The first kappa shape index (κ1) is 9.19. The van der Waals surface area contributed by atoms with Crippen molar-refractivity contribution < 1.29 is 0 Å². The molecule has 0 aliphatic carbocycles. The monoisotopic (exact) mass is 138 g/mol. The number of nitriles is 1. The van der Waals surface area contributed by atoms with E-state index in [0.717, 1.165) is 0 Å². The third-order valence-electron chi connectivity index (χ3n) is 1.56. The summed E-state index contributed by atoms with van der Waals surface area (Å²) in [5.41, 5.74) is 0. The van der Waals surface area contributed by atoms with Crippen LogP contribution in [0.5, 0.6) is 0 Å². The van der Waals surface area contributed by atoms with Crippen LogP contribution in [0, 0.1) is 17.2 Å². The van der Waals surface area contributed by atoms with Gasteiger partial charge in [-0.3, -0.25) is 4.90 Å². The maximum absolute atomic E-state index is 8.66. The zero-order valence-corrected chi connectivity index (χ0v) is 6.83. The maximum atomic E-state index is 8.66. The van der Waals surface area contributed by atoms with E-state index in [1.54, 1.807) is 6.08 Å². The molecule has 2 unspecified atom stereocenters. The minimum Gasteiger partial charge on any atom is -0.294 e. The first-order valence-electron chi connectivity index (χ1n) is 3.32. The predicted octanol–water partition coefficient (Wildman–Crippen LogP) is 1.26. The van der Waals surface area contributed by atoms with E-state index in [2.05, 4.69) is 12.6 Å². The van der Waals surface area contributed by atoms with E-state index in [0.29, 0.717) is 0 Å². The Balaban J connectivity index is 4.09. The summed E-state index contributed by atoms with van der Waals surface area (Å²) in [7, 11) is 3.79. The van der Waals surface area contributed by atoms with Gasteiger partial charge >= 0.3 is 0 Å². The average Bonchev–Trinajstić information content (AvgIpc) is 1.88. The maximum Gasteiger partial charge on any atom is 0.103 e. The van der Waals surface area contributed by atoms with Crippen LogP contribution >= 0.6 is 0 Å². The van der Waals surface area contributed by atoms with Gasteiger partial charge < -0.3 is 0 Å². The Morgan fingerprint density at radius 3 is 2.20 bits per heavy atom. The second-order valence-electron chi connectivity index (χ2n) is 2.63. The Labute approximate surface area is 62.8 Å². The highest BCUT2D eigenvalue weighted by atomic mass is 15.1. The van der Waals surface area contributed by atoms with E-state index >= 15 is 0 Å². The lowest BCUT2D eigenvalue weighted by Gasteiger charge is -2.20. The largest absolute Gasteiger partial charge is 0.294 e. The minimum absolute atomic E-state index is 0.0440. The van der Waals surface area contributed by atoms with Gasteiger partial charge in [0.1, 0.15) is 6.04 Å². The molecule has 0 radical (unpaired) electrons. The Morgan fingerprint density at radius 1 is 1.60 bits per heavy atom. The highest BCUT2D eigenvalue weighted by Gasteiger charge is 2.14. The highest BCUT2D eigenvalue weighted by molar-refractivity contribution is 4.99. The molecule has 0 spiro atoms. The predicted molar refractivity (Wildman–Crippen MR) is 42.4 cm³/mol. The molecule has 0 aromatic carbocycles. The summed E-state index contributed by atoms with van der Waals surface area (Å²) in [4.78, 5) is 1.90. The summed E-state index contributed by atoms with van der Waals surface area (Å²) >= 11 is 0. The summed E-state index contributed by atoms with van der Waals surface area (Å²) in [6.07, 6.45) is 1.80. The van der Waals surface area contributed by atoms with Gasteiger partial charge in [0.25, 0.3) is 0 Å². The molecule has 2 atom stereocenters. The SMILES string of the molecule is C=CC(C)C(C#N)N(C)C. The molecule has 0 fully saturated rings. The summed E-state index contributed by atoms with van der Waals surface area (Å²) in [5, 5.41) is 8.66. The molecule has 0 saturated carbocycles. The van der Waals surface area contributed by atoms with Crippen LogP contribution in [0.3, 0.4) is 0 Å². The Morgan fingerprint density at radius 2 is 2.10 bits per heavy atom.